The molecule has 2 aromatic heterocycles. The molecular weight excluding hydrogens is 891 g/mol. The van der Waals surface area contributed by atoms with Crippen LogP contribution in [0.2, 0.25) is 0 Å². The quantitative estimate of drug-likeness (QED) is 0.0500. The van der Waals surface area contributed by atoms with E-state index in [0.29, 0.717) is 49.7 Å². The van der Waals surface area contributed by atoms with Gasteiger partial charge in [-0.3, -0.25) is 0 Å². The van der Waals surface area contributed by atoms with Crippen molar-refractivity contribution in [1.29, 1.82) is 0 Å². The summed E-state index contributed by atoms with van der Waals surface area (Å²) in [6, 6.07) is 6.44. The molecule has 13 heteroatoms. The predicted octanol–water partition coefficient (Wildman–Crippen LogP) is 9.58. The summed E-state index contributed by atoms with van der Waals surface area (Å²) in [6.45, 7) is 25.6. The second kappa shape index (κ2) is 23.9. The van der Waals surface area contributed by atoms with Crippen LogP contribution in [0.5, 0.6) is 0 Å². The Balaban J connectivity index is 0.652. The minimum absolute atomic E-state index is 0.0416. The first-order valence-corrected chi connectivity index (χ1v) is 28.2. The molecule has 0 radical (unpaired) electrons. The molecule has 8 atom stereocenters. The zero-order valence-corrected chi connectivity index (χ0v) is 45.0. The number of nitrogen functional groups attached to an aromatic ring is 1. The third-order valence-electron chi connectivity index (χ3n) is 18.9. The van der Waals surface area contributed by atoms with Gasteiger partial charge in [-0.15, -0.1) is 0 Å². The van der Waals surface area contributed by atoms with Gasteiger partial charge in [-0.25, -0.2) is 14.8 Å². The second-order valence-corrected chi connectivity index (χ2v) is 24.3. The molecule has 0 bridgehead atoms. The van der Waals surface area contributed by atoms with Gasteiger partial charge in [0.1, 0.15) is 17.4 Å². The molecule has 4 fully saturated rings. The van der Waals surface area contributed by atoms with Crippen LogP contribution in [0.3, 0.4) is 0 Å². The van der Waals surface area contributed by atoms with Gasteiger partial charge in [-0.05, 0) is 136 Å². The number of pyridine rings is 1. The zero-order valence-electron chi connectivity index (χ0n) is 45.0. The van der Waals surface area contributed by atoms with Gasteiger partial charge in [0.05, 0.1) is 44.1 Å². The molecule has 1 aromatic carbocycles. The van der Waals surface area contributed by atoms with Crippen molar-refractivity contribution in [2.75, 3.05) is 91.2 Å². The highest BCUT2D eigenvalue weighted by atomic mass is 16.6. The number of carbonyl (C=O) groups excluding carboxylic acids is 1. The maximum absolute atomic E-state index is 12.8. The number of aliphatic hydroxyl groups is 2. The topological polar surface area (TPSA) is 160 Å². The Labute approximate surface area is 426 Å². The lowest BCUT2D eigenvalue weighted by Gasteiger charge is -2.58. The van der Waals surface area contributed by atoms with Crippen molar-refractivity contribution in [3.05, 3.63) is 41.2 Å². The maximum atomic E-state index is 12.8. The van der Waals surface area contributed by atoms with E-state index < -0.39 is 5.41 Å². The summed E-state index contributed by atoms with van der Waals surface area (Å²) >= 11 is 0. The minimum atomic E-state index is -0.680. The monoisotopic (exact) mass is 984 g/mol. The van der Waals surface area contributed by atoms with Gasteiger partial charge >= 0.3 is 6.09 Å². The Morgan fingerprint density at radius 3 is 2.37 bits per heavy atom. The smallest absolute Gasteiger partial charge is 0.407 e. The molecule has 1 amide bonds. The summed E-state index contributed by atoms with van der Waals surface area (Å²) in [7, 11) is 0. The summed E-state index contributed by atoms with van der Waals surface area (Å²) < 4.78 is 19.7. The van der Waals surface area contributed by atoms with E-state index >= 15 is 0 Å². The molecule has 71 heavy (non-hydrogen) atoms. The number of nitrogens with zero attached hydrogens (tertiary/aromatic N) is 5. The molecule has 0 unspecified atom stereocenters. The van der Waals surface area contributed by atoms with E-state index in [1.54, 1.807) is 5.57 Å². The van der Waals surface area contributed by atoms with Crippen molar-refractivity contribution in [1.82, 2.24) is 29.7 Å². The number of anilines is 1. The number of aryl methyl sites for hydroxylation is 2. The molecule has 1 aliphatic heterocycles. The van der Waals surface area contributed by atoms with Gasteiger partial charge in [-0.2, -0.15) is 0 Å². The van der Waals surface area contributed by atoms with Crippen molar-refractivity contribution in [3.63, 3.8) is 0 Å². The van der Waals surface area contributed by atoms with Crippen molar-refractivity contribution < 1.29 is 29.2 Å². The maximum Gasteiger partial charge on any atom is 0.407 e. The van der Waals surface area contributed by atoms with Crippen LogP contribution < -0.4 is 11.1 Å². The number of rotatable bonds is 24. The fourth-order valence-corrected chi connectivity index (χ4v) is 14.6. The van der Waals surface area contributed by atoms with Gasteiger partial charge in [0.2, 0.25) is 0 Å². The van der Waals surface area contributed by atoms with E-state index in [2.05, 4.69) is 78.6 Å². The third-order valence-corrected chi connectivity index (χ3v) is 18.9. The van der Waals surface area contributed by atoms with Gasteiger partial charge in [0, 0.05) is 69.6 Å². The van der Waals surface area contributed by atoms with Crippen LogP contribution in [0.15, 0.2) is 29.8 Å². The average Bonchev–Trinajstić information content (AvgIpc) is 3.88. The molecule has 4 aliphatic carbocycles. The highest BCUT2D eigenvalue weighted by Gasteiger charge is 2.59. The van der Waals surface area contributed by atoms with Crippen LogP contribution in [0, 0.1) is 58.7 Å². The first-order chi connectivity index (χ1) is 34.1. The fourth-order valence-electron chi connectivity index (χ4n) is 14.6. The van der Waals surface area contributed by atoms with E-state index in [4.69, 9.17) is 29.9 Å². The number of nitrogens with one attached hydrogen (secondary N) is 1. The van der Waals surface area contributed by atoms with Crippen LogP contribution >= 0.6 is 0 Å². The minimum Gasteiger partial charge on any atom is -0.446 e. The number of hydrogen-bond acceptors (Lipinski definition) is 11. The van der Waals surface area contributed by atoms with Crippen molar-refractivity contribution in [2.45, 2.75) is 151 Å². The van der Waals surface area contributed by atoms with Crippen LogP contribution in [0.1, 0.15) is 136 Å². The van der Waals surface area contributed by atoms with Crippen LogP contribution in [-0.2, 0) is 27.2 Å². The average molecular weight is 984 g/mol. The third kappa shape index (κ3) is 12.4. The van der Waals surface area contributed by atoms with Crippen molar-refractivity contribution >= 4 is 33.8 Å². The summed E-state index contributed by atoms with van der Waals surface area (Å²) in [5, 5.41) is 23.9. The summed E-state index contributed by atoms with van der Waals surface area (Å²) in [4.78, 5) is 27.4. The van der Waals surface area contributed by atoms with Crippen LogP contribution in [0.25, 0.3) is 21.9 Å². The number of fused-ring (bicyclic) bond motifs is 8. The molecule has 3 saturated carbocycles. The first kappa shape index (κ1) is 53.9. The number of piperazine rings is 1. The lowest BCUT2D eigenvalue weighted by Crippen LogP contribution is -2.51. The number of carbonyl (C=O) groups is 1. The SMILES string of the molecule is Cc1nc2c(N)nc3cc(CCCN4CCN(CCCOCCOCCNC(=O)O[C@H]5CC[C@@]6(C)C(=CC[C@H]7[C@@H]8CC[C@H]([C@H](C)CCCC(C)C)[C@@]8(C)CC[C@@H]76)C5)CC4)ccc3c2n1CC(C)(CO)CO. The molecule has 8 rings (SSSR count). The number of hydrogen-bond donors (Lipinski definition) is 4. The number of imidazole rings is 1. The molecule has 0 spiro atoms. The molecule has 5 N–H and O–H groups in total. The van der Waals surface area contributed by atoms with Gasteiger partial charge < -0.3 is 49.8 Å². The molecular formula is C58H93N7O6. The van der Waals surface area contributed by atoms with Crippen LogP contribution in [0.4, 0.5) is 10.6 Å². The first-order valence-electron chi connectivity index (χ1n) is 28.2. The Kier molecular flexibility index (Phi) is 18.2. The zero-order chi connectivity index (χ0) is 50.3. The number of allylic oxidation sites excluding steroid dienone is 1. The van der Waals surface area contributed by atoms with Crippen molar-refractivity contribution in [3.8, 4) is 0 Å². The molecule has 396 valence electrons. The molecule has 5 aliphatic rings. The largest absolute Gasteiger partial charge is 0.446 e. The van der Waals surface area contributed by atoms with Gasteiger partial charge in [0.15, 0.2) is 5.82 Å². The van der Waals surface area contributed by atoms with Crippen LogP contribution in [-0.4, -0.2) is 132 Å². The van der Waals surface area contributed by atoms with E-state index in [1.807, 2.05) is 13.8 Å². The van der Waals surface area contributed by atoms with Gasteiger partial charge in [-0.1, -0.05) is 84.6 Å². The Morgan fingerprint density at radius 1 is 0.901 bits per heavy atom. The van der Waals surface area contributed by atoms with E-state index in [1.165, 1.54) is 56.9 Å². The van der Waals surface area contributed by atoms with Crippen molar-refractivity contribution in [2.24, 2.45) is 51.8 Å². The summed E-state index contributed by atoms with van der Waals surface area (Å²) in [5.41, 5.74) is 11.7. The fraction of sp³-hybridized carbons (Fsp3) is 0.776. The molecule has 3 aromatic rings. The highest BCUT2D eigenvalue weighted by Crippen LogP contribution is 2.67. The normalized spacial score (nSPS) is 27.7. The molecule has 13 nitrogen and oxygen atoms in total. The Bertz CT molecular complexity index is 2250. The van der Waals surface area contributed by atoms with Gasteiger partial charge in [0.25, 0.3) is 0 Å². The predicted molar refractivity (Wildman–Crippen MR) is 285 cm³/mol. The van der Waals surface area contributed by atoms with E-state index in [9.17, 15) is 15.0 Å². The number of nitrogens with two attached hydrogens (primary N) is 1. The molecule has 3 heterocycles. The highest BCUT2D eigenvalue weighted by molar-refractivity contribution is 6.06. The summed E-state index contributed by atoms with van der Waals surface area (Å²) in [6.07, 6.45) is 19.2. The number of ether oxygens (including phenoxy) is 3. The lowest BCUT2D eigenvalue weighted by atomic mass is 9.47. The number of alkyl carbamates (subject to hydrolysis) is 1. The number of benzene rings is 1. The number of amides is 1. The molecule has 1 saturated heterocycles. The second-order valence-electron chi connectivity index (χ2n) is 24.3. The number of aromatic nitrogens is 3. The lowest BCUT2D eigenvalue weighted by molar-refractivity contribution is -0.0581. The van der Waals surface area contributed by atoms with E-state index in [0.717, 1.165) is 142 Å². The standard InChI is InChI=1S/C58H93N7O6/c1-40(2)11-8-12-41(3)48-18-19-49-46-17-15-44-36-45(20-22-57(44,6)50(46)21-23-58(48,49)7)71-55(68)60-24-32-70-34-33-69-31-10-26-64-29-27-63(28-30-64)25-9-13-43-14-16-47-51(35-43)62-54(59)52-53(47)65(42(4)61-52)37-56(5,38-66)39-67/h14-16,35,40-41,45-46,48-50,66-67H,8-13,17-34,36-39H2,1-7H3,(H2,59,62)(H,60,68)/t41-,45+,46+,48-,49+,50+,57+,58-/m1/s1. The van der Waals surface area contributed by atoms with E-state index in [-0.39, 0.29) is 30.8 Å². The Morgan fingerprint density at radius 2 is 1.63 bits per heavy atom. The number of aliphatic hydroxyl groups excluding tert-OH is 2. The summed E-state index contributed by atoms with van der Waals surface area (Å²) in [5.74, 6) is 6.17. The Hall–Kier alpha value is -3.33.